The molecular formula is C30H31ClN4O6. The van der Waals surface area contributed by atoms with Crippen LogP contribution in [0.4, 0.5) is 15.3 Å². The first-order valence-electron chi connectivity index (χ1n) is 13.1. The summed E-state index contributed by atoms with van der Waals surface area (Å²) in [4.78, 5) is 48.7. The van der Waals surface area contributed by atoms with Crippen LogP contribution >= 0.6 is 11.6 Å². The number of urea groups is 1. The third-order valence-electron chi connectivity index (χ3n) is 6.80. The quantitative estimate of drug-likeness (QED) is 0.150. The van der Waals surface area contributed by atoms with Crippen LogP contribution in [0, 0.1) is 0 Å². The first kappa shape index (κ1) is 29.4. The lowest BCUT2D eigenvalue weighted by atomic mass is 9.98. The van der Waals surface area contributed by atoms with E-state index in [2.05, 4.69) is 20.7 Å². The summed E-state index contributed by atoms with van der Waals surface area (Å²) in [5.41, 5.74) is 10.4. The Hall–Kier alpha value is -4.57. The number of fused-ring (bicyclic) bond motifs is 3. The molecule has 0 fully saturated rings. The van der Waals surface area contributed by atoms with Crippen LogP contribution in [0.2, 0.25) is 0 Å². The molecule has 2 atom stereocenters. The van der Waals surface area contributed by atoms with E-state index >= 15 is 0 Å². The van der Waals surface area contributed by atoms with E-state index in [0.717, 1.165) is 22.3 Å². The van der Waals surface area contributed by atoms with Gasteiger partial charge in [0.15, 0.2) is 5.38 Å². The van der Waals surface area contributed by atoms with Crippen molar-refractivity contribution < 1.29 is 28.7 Å². The van der Waals surface area contributed by atoms with Crippen LogP contribution in [-0.4, -0.2) is 50.3 Å². The van der Waals surface area contributed by atoms with Crippen molar-refractivity contribution in [3.63, 3.8) is 0 Å². The number of nitrogens with one attached hydrogen (secondary N) is 3. The van der Waals surface area contributed by atoms with Crippen LogP contribution in [0.3, 0.4) is 0 Å². The Bertz CT molecular complexity index is 1370. The maximum atomic E-state index is 13.1. The molecule has 0 bridgehead atoms. The van der Waals surface area contributed by atoms with Gasteiger partial charge in [-0.1, -0.05) is 60.7 Å². The van der Waals surface area contributed by atoms with Crippen LogP contribution in [0.1, 0.15) is 40.8 Å². The average Bonchev–Trinajstić information content (AvgIpc) is 3.30. The summed E-state index contributed by atoms with van der Waals surface area (Å²) in [6.45, 7) is 0.323. The zero-order valence-electron chi connectivity index (χ0n) is 22.4. The Kier molecular flexibility index (Phi) is 9.81. The number of alkyl halides is 1. The molecule has 4 rings (SSSR count). The van der Waals surface area contributed by atoms with Gasteiger partial charge in [0, 0.05) is 18.2 Å². The van der Waals surface area contributed by atoms with Gasteiger partial charge >= 0.3 is 18.1 Å². The van der Waals surface area contributed by atoms with Gasteiger partial charge in [-0.15, -0.1) is 11.6 Å². The van der Waals surface area contributed by atoms with E-state index in [1.54, 1.807) is 24.3 Å². The first-order valence-corrected chi connectivity index (χ1v) is 13.5. The van der Waals surface area contributed by atoms with Crippen molar-refractivity contribution in [2.24, 2.45) is 5.73 Å². The molecule has 41 heavy (non-hydrogen) atoms. The van der Waals surface area contributed by atoms with Crippen LogP contribution < -0.4 is 21.7 Å². The lowest BCUT2D eigenvalue weighted by molar-refractivity contribution is -0.140. The predicted molar refractivity (Wildman–Crippen MR) is 154 cm³/mol. The number of hydrogen-bond acceptors (Lipinski definition) is 6. The molecule has 5 N–H and O–H groups in total. The van der Waals surface area contributed by atoms with Gasteiger partial charge in [-0.2, -0.15) is 0 Å². The van der Waals surface area contributed by atoms with E-state index in [-0.39, 0.29) is 25.5 Å². The van der Waals surface area contributed by atoms with Crippen molar-refractivity contribution in [3.05, 3.63) is 89.5 Å². The number of rotatable bonds is 11. The third-order valence-corrected chi connectivity index (χ3v) is 7.23. The average molecular weight is 579 g/mol. The molecule has 214 valence electrons. The summed E-state index contributed by atoms with van der Waals surface area (Å²) in [6, 6.07) is 20.7. The normalized spacial score (nSPS) is 13.2. The lowest BCUT2D eigenvalue weighted by Gasteiger charge is -2.20. The highest BCUT2D eigenvalue weighted by Gasteiger charge is 2.30. The topological polar surface area (TPSA) is 149 Å². The van der Waals surface area contributed by atoms with Gasteiger partial charge in [-0.3, -0.25) is 9.59 Å². The second kappa shape index (κ2) is 13.7. The monoisotopic (exact) mass is 578 g/mol. The summed E-state index contributed by atoms with van der Waals surface area (Å²) in [6.07, 6.45) is -0.162. The zero-order valence-corrected chi connectivity index (χ0v) is 23.1. The number of halogens is 1. The van der Waals surface area contributed by atoms with Gasteiger partial charge in [-0.25, -0.2) is 9.59 Å². The van der Waals surface area contributed by atoms with Gasteiger partial charge in [0.05, 0.1) is 7.11 Å². The van der Waals surface area contributed by atoms with Crippen LogP contribution in [-0.2, 0) is 19.1 Å². The Balaban J connectivity index is 1.40. The van der Waals surface area contributed by atoms with E-state index in [1.807, 2.05) is 48.5 Å². The van der Waals surface area contributed by atoms with E-state index < -0.39 is 35.4 Å². The summed E-state index contributed by atoms with van der Waals surface area (Å²) in [5, 5.41) is 6.89. The number of carbonyl (C=O) groups excluding carboxylic acids is 4. The number of anilines is 1. The number of benzene rings is 3. The number of carbonyl (C=O) groups is 4. The fourth-order valence-corrected chi connectivity index (χ4v) is 5.01. The predicted octanol–water partition coefficient (Wildman–Crippen LogP) is 4.43. The number of hydrogen-bond donors (Lipinski definition) is 4. The molecule has 0 saturated heterocycles. The van der Waals surface area contributed by atoms with Crippen molar-refractivity contribution in [3.8, 4) is 11.1 Å². The van der Waals surface area contributed by atoms with E-state index in [1.165, 1.54) is 7.11 Å². The number of methoxy groups -OCH3 is 1. The van der Waals surface area contributed by atoms with Crippen LogP contribution in [0.5, 0.6) is 0 Å². The molecule has 1 aliphatic rings. The summed E-state index contributed by atoms with van der Waals surface area (Å²) < 4.78 is 10.3. The Morgan fingerprint density at radius 2 is 1.54 bits per heavy atom. The van der Waals surface area contributed by atoms with Crippen LogP contribution in [0.25, 0.3) is 11.1 Å². The summed E-state index contributed by atoms with van der Waals surface area (Å²) in [5.74, 6) is -1.21. The largest absolute Gasteiger partial charge is 0.468 e. The van der Waals surface area contributed by atoms with E-state index in [4.69, 9.17) is 22.1 Å². The molecule has 0 radical (unpaired) electrons. The van der Waals surface area contributed by atoms with E-state index in [9.17, 15) is 19.2 Å². The zero-order chi connectivity index (χ0) is 29.4. The van der Waals surface area contributed by atoms with Crippen LogP contribution in [0.15, 0.2) is 72.8 Å². The molecule has 1 aliphatic carbocycles. The number of alkyl carbamates (subject to hydrolysis) is 1. The van der Waals surface area contributed by atoms with Crippen molar-refractivity contribution >= 4 is 41.3 Å². The smallest absolute Gasteiger partial charge is 0.407 e. The molecule has 1 unspecified atom stereocenters. The molecule has 0 heterocycles. The maximum Gasteiger partial charge on any atom is 0.407 e. The van der Waals surface area contributed by atoms with Crippen molar-refractivity contribution in [2.45, 2.75) is 30.2 Å². The first-order chi connectivity index (χ1) is 19.8. The second-order valence-electron chi connectivity index (χ2n) is 9.45. The molecule has 0 aromatic heterocycles. The highest BCUT2D eigenvalue weighted by molar-refractivity contribution is 6.29. The third kappa shape index (κ3) is 7.34. The minimum Gasteiger partial charge on any atom is -0.468 e. The molecule has 0 aliphatic heterocycles. The number of amides is 4. The van der Waals surface area contributed by atoms with Crippen molar-refractivity contribution in [1.29, 1.82) is 0 Å². The minimum absolute atomic E-state index is 0.0959. The van der Waals surface area contributed by atoms with Gasteiger partial charge in [0.25, 0.3) is 0 Å². The minimum atomic E-state index is -0.981. The molecule has 10 nitrogen and oxygen atoms in total. The second-order valence-corrected chi connectivity index (χ2v) is 9.89. The highest BCUT2D eigenvalue weighted by atomic mass is 35.5. The lowest BCUT2D eigenvalue weighted by Crippen LogP contribution is -2.44. The number of primary amides is 1. The Morgan fingerprint density at radius 1 is 0.927 bits per heavy atom. The SMILES string of the molecule is COC(=O)C(Cl)c1ccc(NC(=O)[C@H](CCCNC(N)=O)NC(=O)OCC2c3ccccc3-c3ccccc32)cc1. The standard InChI is InChI=1S/C30H31ClN4O6/c1-40-28(37)26(31)18-12-14-19(15-13-18)34-27(36)25(11-6-16-33-29(32)38)35-30(39)41-17-24-22-9-4-2-7-20(22)21-8-3-5-10-23(21)24/h2-5,7-10,12-15,24-26H,6,11,16-17H2,1H3,(H,34,36)(H,35,39)(H3,32,33,38)/t25-,26?/m0/s1. The van der Waals surface area contributed by atoms with Crippen molar-refractivity contribution in [2.75, 3.05) is 25.6 Å². The highest BCUT2D eigenvalue weighted by Crippen LogP contribution is 2.44. The van der Waals surface area contributed by atoms with Crippen molar-refractivity contribution in [1.82, 2.24) is 10.6 Å². The summed E-state index contributed by atoms with van der Waals surface area (Å²) >= 11 is 6.09. The fraction of sp³-hybridized carbons (Fsp3) is 0.267. The molecule has 4 amide bonds. The molecule has 11 heteroatoms. The Morgan fingerprint density at radius 3 is 2.12 bits per heavy atom. The molecular weight excluding hydrogens is 548 g/mol. The van der Waals surface area contributed by atoms with E-state index in [0.29, 0.717) is 17.7 Å². The molecule has 0 saturated carbocycles. The van der Waals surface area contributed by atoms with Gasteiger partial charge in [0.1, 0.15) is 12.6 Å². The van der Waals surface area contributed by atoms with Gasteiger partial charge in [0.2, 0.25) is 5.91 Å². The maximum absolute atomic E-state index is 13.1. The molecule has 0 spiro atoms. The number of ether oxygens (including phenoxy) is 2. The van der Waals surface area contributed by atoms with Gasteiger partial charge < -0.3 is 31.2 Å². The summed E-state index contributed by atoms with van der Waals surface area (Å²) in [7, 11) is 1.25. The Labute approximate surface area is 242 Å². The number of nitrogens with two attached hydrogens (primary N) is 1. The van der Waals surface area contributed by atoms with Gasteiger partial charge in [-0.05, 0) is 52.8 Å². The molecule has 3 aromatic carbocycles. The molecule has 3 aromatic rings. The number of esters is 1. The fourth-order valence-electron chi connectivity index (χ4n) is 4.77.